The first-order valence-electron chi connectivity index (χ1n) is 10.2. The van der Waals surface area contributed by atoms with Crippen molar-refractivity contribution in [2.24, 2.45) is 4.99 Å². The summed E-state index contributed by atoms with van der Waals surface area (Å²) in [6, 6.07) is 7.68. The first-order valence-corrected chi connectivity index (χ1v) is 10.2. The summed E-state index contributed by atoms with van der Waals surface area (Å²) < 4.78 is 27.4. The van der Waals surface area contributed by atoms with Gasteiger partial charge in [0.25, 0.3) is 0 Å². The molecule has 9 heteroatoms. The molecule has 3 rings (SSSR count). The van der Waals surface area contributed by atoms with Crippen molar-refractivity contribution in [3.63, 3.8) is 0 Å². The van der Waals surface area contributed by atoms with Gasteiger partial charge in [-0.3, -0.25) is 0 Å². The van der Waals surface area contributed by atoms with Crippen LogP contribution in [-0.2, 0) is 17.7 Å². The zero-order chi connectivity index (χ0) is 21.2. The summed E-state index contributed by atoms with van der Waals surface area (Å²) in [7, 11) is 4.80. The first kappa shape index (κ1) is 25.1. The number of hydrogen-bond donors (Lipinski definition) is 2. The molecule has 0 amide bonds. The molecule has 0 spiro atoms. The number of nitrogens with one attached hydrogen (secondary N) is 2. The van der Waals surface area contributed by atoms with E-state index in [-0.39, 0.29) is 30.1 Å². The van der Waals surface area contributed by atoms with Gasteiger partial charge in [-0.1, -0.05) is 0 Å². The second kappa shape index (κ2) is 13.3. The van der Waals surface area contributed by atoms with Gasteiger partial charge in [-0.15, -0.1) is 24.0 Å². The third kappa shape index (κ3) is 7.49. The van der Waals surface area contributed by atoms with Crippen LogP contribution in [0.15, 0.2) is 39.9 Å². The van der Waals surface area contributed by atoms with Crippen molar-refractivity contribution in [2.75, 3.05) is 41.0 Å². The molecule has 0 aliphatic carbocycles. The van der Waals surface area contributed by atoms with Crippen LogP contribution in [-0.4, -0.2) is 53.1 Å². The van der Waals surface area contributed by atoms with Gasteiger partial charge < -0.3 is 34.0 Å². The highest BCUT2D eigenvalue weighted by molar-refractivity contribution is 14.0. The molecule has 2 aromatic rings. The van der Waals surface area contributed by atoms with E-state index in [4.69, 9.17) is 28.4 Å². The van der Waals surface area contributed by atoms with Gasteiger partial charge in [-0.05, 0) is 42.7 Å². The van der Waals surface area contributed by atoms with E-state index >= 15 is 0 Å². The number of nitrogens with zero attached hydrogens (tertiary/aromatic N) is 1. The van der Waals surface area contributed by atoms with Crippen molar-refractivity contribution in [1.82, 2.24) is 10.6 Å². The lowest BCUT2D eigenvalue weighted by Gasteiger charge is -2.16. The fourth-order valence-corrected chi connectivity index (χ4v) is 3.35. The zero-order valence-electron chi connectivity index (χ0n) is 18.3. The molecule has 1 aromatic carbocycles. The predicted octanol–water partition coefficient (Wildman–Crippen LogP) is 3.38. The first-order chi connectivity index (χ1) is 14.7. The van der Waals surface area contributed by atoms with Crippen LogP contribution in [0.5, 0.6) is 17.2 Å². The van der Waals surface area contributed by atoms with Crippen LogP contribution in [0, 0.1) is 0 Å². The largest absolute Gasteiger partial charge is 0.493 e. The molecular formula is C22H32IN3O5. The molecule has 172 valence electrons. The number of benzene rings is 1. The second-order valence-electron chi connectivity index (χ2n) is 6.97. The highest BCUT2D eigenvalue weighted by atomic mass is 127. The number of aliphatic imine (C=N–C) groups is 1. The third-order valence-electron chi connectivity index (χ3n) is 4.91. The van der Waals surface area contributed by atoms with E-state index in [1.165, 1.54) is 0 Å². The van der Waals surface area contributed by atoms with Crippen LogP contribution in [0.1, 0.15) is 24.2 Å². The van der Waals surface area contributed by atoms with E-state index < -0.39 is 0 Å². The molecule has 1 aromatic heterocycles. The maximum atomic E-state index is 5.71. The molecule has 0 radical (unpaired) electrons. The lowest BCUT2D eigenvalue weighted by molar-refractivity contribution is 0.114. The molecule has 2 heterocycles. The highest BCUT2D eigenvalue weighted by Crippen LogP contribution is 2.38. The summed E-state index contributed by atoms with van der Waals surface area (Å²) in [6.07, 6.45) is 4.86. The molecule has 1 unspecified atom stereocenters. The van der Waals surface area contributed by atoms with Crippen molar-refractivity contribution >= 4 is 29.9 Å². The van der Waals surface area contributed by atoms with Crippen molar-refractivity contribution in [2.45, 2.75) is 31.9 Å². The van der Waals surface area contributed by atoms with Crippen molar-refractivity contribution in [3.8, 4) is 17.2 Å². The Kier molecular flexibility index (Phi) is 10.8. The molecule has 0 saturated carbocycles. The minimum Gasteiger partial charge on any atom is -0.493 e. The minimum absolute atomic E-state index is 0. The summed E-state index contributed by atoms with van der Waals surface area (Å²) in [5.41, 5.74) is 0.953. The Balaban J connectivity index is 0.00000341. The molecule has 1 fully saturated rings. The molecule has 1 aliphatic heterocycles. The maximum absolute atomic E-state index is 5.71. The number of halogens is 1. The van der Waals surface area contributed by atoms with E-state index in [1.54, 1.807) is 27.6 Å². The van der Waals surface area contributed by atoms with E-state index in [9.17, 15) is 0 Å². The average Bonchev–Trinajstić information content (AvgIpc) is 3.48. The summed E-state index contributed by atoms with van der Waals surface area (Å²) in [4.78, 5) is 4.74. The fourth-order valence-electron chi connectivity index (χ4n) is 3.35. The number of rotatable bonds is 10. The van der Waals surface area contributed by atoms with E-state index in [1.807, 2.05) is 24.3 Å². The summed E-state index contributed by atoms with van der Waals surface area (Å²) in [5, 5.41) is 6.76. The molecule has 1 saturated heterocycles. The van der Waals surface area contributed by atoms with Crippen LogP contribution in [0.25, 0.3) is 0 Å². The van der Waals surface area contributed by atoms with Gasteiger partial charge in [0, 0.05) is 26.1 Å². The van der Waals surface area contributed by atoms with Crippen LogP contribution in [0.3, 0.4) is 0 Å². The predicted molar refractivity (Wildman–Crippen MR) is 130 cm³/mol. The van der Waals surface area contributed by atoms with E-state index in [0.29, 0.717) is 30.3 Å². The van der Waals surface area contributed by atoms with Gasteiger partial charge in [0.15, 0.2) is 17.5 Å². The Hall–Kier alpha value is -2.14. The zero-order valence-corrected chi connectivity index (χ0v) is 20.6. The molecule has 31 heavy (non-hydrogen) atoms. The molecule has 1 aliphatic rings. The fraction of sp³-hybridized carbons (Fsp3) is 0.500. The standard InChI is InChI=1S/C22H31N3O5.HI/c1-26-19-12-16(13-20(27-2)21(19)28-3)14-24-22(25-15-18-7-5-11-30-18)23-9-8-17-6-4-10-29-17;/h4,6,10,12-13,18H,5,7-9,11,14-15H2,1-3H3,(H2,23,24,25);1H. The van der Waals surface area contributed by atoms with Gasteiger partial charge >= 0.3 is 0 Å². The number of ether oxygens (including phenoxy) is 4. The highest BCUT2D eigenvalue weighted by Gasteiger charge is 2.16. The number of guanidine groups is 1. The number of hydrogen-bond acceptors (Lipinski definition) is 6. The summed E-state index contributed by atoms with van der Waals surface area (Å²) in [5.74, 6) is 3.46. The Morgan fingerprint density at radius 3 is 2.48 bits per heavy atom. The lowest BCUT2D eigenvalue weighted by atomic mass is 10.2. The van der Waals surface area contributed by atoms with Gasteiger partial charge in [0.05, 0.1) is 40.2 Å². The number of methoxy groups -OCH3 is 3. The number of furan rings is 1. The SMILES string of the molecule is COc1cc(CN=C(NCCc2ccco2)NCC2CCCO2)cc(OC)c1OC.I. The Bertz CT molecular complexity index is 782. The molecule has 2 N–H and O–H groups in total. The van der Waals surface area contributed by atoms with Gasteiger partial charge in [-0.25, -0.2) is 4.99 Å². The molecule has 1 atom stereocenters. The third-order valence-corrected chi connectivity index (χ3v) is 4.91. The maximum Gasteiger partial charge on any atom is 0.203 e. The molecular weight excluding hydrogens is 513 g/mol. The Morgan fingerprint density at radius 1 is 1.13 bits per heavy atom. The van der Waals surface area contributed by atoms with Gasteiger partial charge in [-0.2, -0.15) is 0 Å². The molecule has 8 nitrogen and oxygen atoms in total. The normalized spacial score (nSPS) is 15.8. The van der Waals surface area contributed by atoms with Crippen molar-refractivity contribution in [1.29, 1.82) is 0 Å². The smallest absolute Gasteiger partial charge is 0.203 e. The van der Waals surface area contributed by atoms with Crippen LogP contribution in [0.4, 0.5) is 0 Å². The Morgan fingerprint density at radius 2 is 1.90 bits per heavy atom. The van der Waals surface area contributed by atoms with Crippen molar-refractivity contribution < 1.29 is 23.4 Å². The second-order valence-corrected chi connectivity index (χ2v) is 6.97. The van der Waals surface area contributed by atoms with Crippen LogP contribution < -0.4 is 24.8 Å². The molecule has 0 bridgehead atoms. The van der Waals surface area contributed by atoms with E-state index in [0.717, 1.165) is 49.7 Å². The average molecular weight is 545 g/mol. The lowest BCUT2D eigenvalue weighted by Crippen LogP contribution is -2.41. The summed E-state index contributed by atoms with van der Waals surface area (Å²) >= 11 is 0. The van der Waals surface area contributed by atoms with Gasteiger partial charge in [0.1, 0.15) is 5.76 Å². The van der Waals surface area contributed by atoms with Crippen molar-refractivity contribution in [3.05, 3.63) is 41.9 Å². The van der Waals surface area contributed by atoms with E-state index in [2.05, 4.69) is 10.6 Å². The monoisotopic (exact) mass is 545 g/mol. The van der Waals surface area contributed by atoms with Crippen LogP contribution >= 0.6 is 24.0 Å². The van der Waals surface area contributed by atoms with Crippen LogP contribution in [0.2, 0.25) is 0 Å². The topological polar surface area (TPSA) is 86.5 Å². The van der Waals surface area contributed by atoms with Gasteiger partial charge in [0.2, 0.25) is 5.75 Å². The summed E-state index contributed by atoms with van der Waals surface area (Å²) in [6.45, 7) is 2.72. The minimum atomic E-state index is 0. The Labute approximate surface area is 200 Å². The quantitative estimate of drug-likeness (QED) is 0.269.